The summed E-state index contributed by atoms with van der Waals surface area (Å²) >= 11 is 1.87. The highest BCUT2D eigenvalue weighted by Gasteiger charge is 2.32. The lowest BCUT2D eigenvalue weighted by Gasteiger charge is -2.20. The number of hydrogen-bond donors (Lipinski definition) is 1. The molecule has 0 unspecified atom stereocenters. The van der Waals surface area contributed by atoms with Gasteiger partial charge in [-0.05, 0) is 64.0 Å². The number of nitrogens with zero attached hydrogens (tertiary/aromatic N) is 2. The van der Waals surface area contributed by atoms with Gasteiger partial charge in [-0.3, -0.25) is 0 Å². The number of rotatable bonds is 5. The fourth-order valence-corrected chi connectivity index (χ4v) is 9.79. The van der Waals surface area contributed by atoms with Crippen LogP contribution in [-0.4, -0.2) is 17.1 Å². The third kappa shape index (κ3) is 4.91. The van der Waals surface area contributed by atoms with Gasteiger partial charge in [-0.25, -0.2) is 4.99 Å². The second-order valence-corrected chi connectivity index (χ2v) is 15.0. The summed E-state index contributed by atoms with van der Waals surface area (Å²) in [7, 11) is 0. The Morgan fingerprint density at radius 1 is 0.564 bits per heavy atom. The Bertz CT molecular complexity index is 3150. The number of hydrogen-bond acceptors (Lipinski definition) is 4. The quantitative estimate of drug-likeness (QED) is 0.192. The first-order valence-corrected chi connectivity index (χ1v) is 19.4. The van der Waals surface area contributed by atoms with E-state index in [9.17, 15) is 0 Å². The molecule has 0 radical (unpaired) electrons. The van der Waals surface area contributed by atoms with Crippen LogP contribution < -0.4 is 10.5 Å². The average Bonchev–Trinajstić information content (AvgIpc) is 3.92. The first-order valence-electron chi connectivity index (χ1n) is 18.5. The summed E-state index contributed by atoms with van der Waals surface area (Å²) in [6.45, 7) is 0.0939. The second-order valence-electron chi connectivity index (χ2n) is 13.9. The summed E-state index contributed by atoms with van der Waals surface area (Å²) in [5, 5.41) is 7.41. The molecule has 0 saturated heterocycles. The molecule has 10 aromatic rings. The van der Waals surface area contributed by atoms with Crippen LogP contribution >= 0.6 is 11.3 Å². The fraction of sp³-hybridized carbons (Fsp3) is 0.0200. The third-order valence-corrected chi connectivity index (χ3v) is 12.0. The van der Waals surface area contributed by atoms with Gasteiger partial charge in [-0.1, -0.05) is 140 Å². The number of thiophene rings is 1. The van der Waals surface area contributed by atoms with Gasteiger partial charge in [0, 0.05) is 47.5 Å². The van der Waals surface area contributed by atoms with Crippen LogP contribution in [0.25, 0.3) is 86.3 Å². The van der Waals surface area contributed by atoms with Crippen molar-refractivity contribution in [3.05, 3.63) is 187 Å². The molecule has 0 fully saturated rings. The molecule has 0 saturated carbocycles. The van der Waals surface area contributed by atoms with E-state index in [1.165, 1.54) is 41.7 Å². The van der Waals surface area contributed by atoms with Crippen molar-refractivity contribution in [2.24, 2.45) is 10.7 Å². The number of para-hydroxylation sites is 2. The first kappa shape index (κ1) is 31.7. The average molecular weight is 724 g/mol. The third-order valence-electron chi connectivity index (χ3n) is 10.8. The predicted octanol–water partition coefficient (Wildman–Crippen LogP) is 12.8. The van der Waals surface area contributed by atoms with Gasteiger partial charge in [0.2, 0.25) is 5.90 Å². The Hall–Kier alpha value is -6.79. The minimum atomic E-state index is 0.0939. The number of ether oxygens (including phenoxy) is 1. The number of aliphatic imine (C=N–C) groups is 1. The van der Waals surface area contributed by atoms with Gasteiger partial charge in [0.25, 0.3) is 0 Å². The molecule has 2 N–H and O–H groups in total. The highest BCUT2D eigenvalue weighted by molar-refractivity contribution is 7.27. The van der Waals surface area contributed by atoms with Crippen molar-refractivity contribution in [3.8, 4) is 28.0 Å². The van der Waals surface area contributed by atoms with E-state index in [0.717, 1.165) is 61.4 Å². The van der Waals surface area contributed by atoms with Crippen LogP contribution in [0.2, 0.25) is 0 Å². The van der Waals surface area contributed by atoms with Crippen molar-refractivity contribution in [1.29, 1.82) is 0 Å². The Morgan fingerprint density at radius 3 is 1.89 bits per heavy atom. The van der Waals surface area contributed by atoms with Crippen molar-refractivity contribution in [2.45, 2.75) is 0 Å². The SMILES string of the molecule is NC/N=C1/Oc2ccccc2/C1=C(\c1cc(-c2ccccc2)cc(-c2ccccc2)c1)n1c2ccccc2c2c3ccccc3c3sc4ccccc4c3c21. The van der Waals surface area contributed by atoms with Gasteiger partial charge in [0.15, 0.2) is 0 Å². The van der Waals surface area contributed by atoms with E-state index < -0.39 is 0 Å². The molecule has 55 heavy (non-hydrogen) atoms. The molecule has 2 aromatic heterocycles. The first-order chi connectivity index (χ1) is 27.3. The van der Waals surface area contributed by atoms with E-state index in [-0.39, 0.29) is 6.67 Å². The fourth-order valence-electron chi connectivity index (χ4n) is 8.55. The van der Waals surface area contributed by atoms with Gasteiger partial charge in [0.05, 0.1) is 29.0 Å². The summed E-state index contributed by atoms with van der Waals surface area (Å²) in [5.41, 5.74) is 17.0. The lowest BCUT2D eigenvalue weighted by molar-refractivity contribution is 0.567. The smallest absolute Gasteiger partial charge is 0.226 e. The number of benzene rings is 8. The molecule has 5 heteroatoms. The molecule has 260 valence electrons. The summed E-state index contributed by atoms with van der Waals surface area (Å²) < 4.78 is 11.7. The van der Waals surface area contributed by atoms with Gasteiger partial charge in [-0.15, -0.1) is 11.3 Å². The minimum absolute atomic E-state index is 0.0939. The van der Waals surface area contributed by atoms with Crippen LogP contribution in [0, 0.1) is 0 Å². The van der Waals surface area contributed by atoms with E-state index in [0.29, 0.717) is 5.90 Å². The molecule has 3 heterocycles. The lowest BCUT2D eigenvalue weighted by atomic mass is 9.92. The Labute approximate surface area is 321 Å². The highest BCUT2D eigenvalue weighted by atomic mass is 32.1. The standard InChI is InChI=1S/C50H33N3OS/c51-30-52-50-46(39-22-10-13-25-42(39)54-50)47(35-28-33(31-15-3-1-4-16-31)27-34(29-35)32-17-5-2-6-18-32)53-41-24-12-9-21-38(41)44-36-19-7-8-20-37(36)49-45(48(44)53)40-23-11-14-26-43(40)55-49/h1-29H,30,51H2/b47-46-,52-50+. The zero-order chi connectivity index (χ0) is 36.5. The summed E-state index contributed by atoms with van der Waals surface area (Å²) in [6.07, 6.45) is 0. The maximum absolute atomic E-state index is 6.63. The van der Waals surface area contributed by atoms with E-state index in [2.05, 4.69) is 168 Å². The van der Waals surface area contributed by atoms with Crippen LogP contribution in [0.15, 0.2) is 181 Å². The van der Waals surface area contributed by atoms with Gasteiger partial charge < -0.3 is 15.0 Å². The van der Waals surface area contributed by atoms with Crippen LogP contribution in [0.3, 0.4) is 0 Å². The molecule has 1 aliphatic rings. The molecular weight excluding hydrogens is 691 g/mol. The van der Waals surface area contributed by atoms with E-state index in [4.69, 9.17) is 15.5 Å². The van der Waals surface area contributed by atoms with Gasteiger partial charge in [-0.2, -0.15) is 0 Å². The largest absolute Gasteiger partial charge is 0.438 e. The molecular formula is C50H33N3OS. The van der Waals surface area contributed by atoms with E-state index >= 15 is 0 Å². The van der Waals surface area contributed by atoms with E-state index in [1.54, 1.807) is 0 Å². The molecule has 11 rings (SSSR count). The van der Waals surface area contributed by atoms with Crippen molar-refractivity contribution >= 4 is 81.3 Å². The van der Waals surface area contributed by atoms with Gasteiger partial charge >= 0.3 is 0 Å². The molecule has 0 amide bonds. The molecule has 4 nitrogen and oxygen atoms in total. The Morgan fingerprint density at radius 2 is 1.16 bits per heavy atom. The van der Waals surface area contributed by atoms with E-state index in [1.807, 2.05) is 23.5 Å². The van der Waals surface area contributed by atoms with Crippen molar-refractivity contribution in [3.63, 3.8) is 0 Å². The molecule has 8 aromatic carbocycles. The molecule has 0 spiro atoms. The molecule has 0 atom stereocenters. The van der Waals surface area contributed by atoms with Crippen molar-refractivity contribution in [1.82, 2.24) is 4.57 Å². The molecule has 0 aliphatic carbocycles. The highest BCUT2D eigenvalue weighted by Crippen LogP contribution is 2.50. The minimum Gasteiger partial charge on any atom is -0.438 e. The van der Waals surface area contributed by atoms with Crippen LogP contribution in [0.5, 0.6) is 5.75 Å². The molecule has 1 aliphatic heterocycles. The number of aromatic nitrogens is 1. The van der Waals surface area contributed by atoms with Gasteiger partial charge in [0.1, 0.15) is 5.75 Å². The molecule has 0 bridgehead atoms. The zero-order valence-electron chi connectivity index (χ0n) is 29.7. The predicted molar refractivity (Wildman–Crippen MR) is 233 cm³/mol. The topological polar surface area (TPSA) is 52.5 Å². The maximum atomic E-state index is 6.63. The normalized spacial score (nSPS) is 14.4. The van der Waals surface area contributed by atoms with Crippen LogP contribution in [0.4, 0.5) is 0 Å². The number of nitrogens with two attached hydrogens (primary N) is 1. The van der Waals surface area contributed by atoms with Crippen LogP contribution in [-0.2, 0) is 0 Å². The van der Waals surface area contributed by atoms with Crippen LogP contribution in [0.1, 0.15) is 11.1 Å². The number of fused-ring (bicyclic) bond motifs is 11. The summed E-state index contributed by atoms with van der Waals surface area (Å²) in [4.78, 5) is 4.85. The summed E-state index contributed by atoms with van der Waals surface area (Å²) in [5.74, 6) is 1.28. The second kappa shape index (κ2) is 12.7. The van der Waals surface area contributed by atoms with Crippen molar-refractivity contribution in [2.75, 3.05) is 6.67 Å². The van der Waals surface area contributed by atoms with Crippen molar-refractivity contribution < 1.29 is 4.74 Å². The Kier molecular flexibility index (Phi) is 7.30. The summed E-state index contributed by atoms with van der Waals surface area (Å²) in [6, 6.07) is 63.0. The maximum Gasteiger partial charge on any atom is 0.226 e. The lowest BCUT2D eigenvalue weighted by Crippen LogP contribution is -2.12. The zero-order valence-corrected chi connectivity index (χ0v) is 30.6. The monoisotopic (exact) mass is 723 g/mol. The Balaban J connectivity index is 1.40.